The van der Waals surface area contributed by atoms with Crippen molar-refractivity contribution in [3.8, 4) is 5.75 Å². The van der Waals surface area contributed by atoms with Gasteiger partial charge in [-0.15, -0.1) is 11.3 Å². The molecule has 1 aliphatic heterocycles. The number of rotatable bonds is 4. The Kier molecular flexibility index (Phi) is 5.55. The number of benzene rings is 1. The summed E-state index contributed by atoms with van der Waals surface area (Å²) in [5.41, 5.74) is 8.13. The van der Waals surface area contributed by atoms with Gasteiger partial charge in [0.1, 0.15) is 5.75 Å². The predicted molar refractivity (Wildman–Crippen MR) is 122 cm³/mol. The molecule has 4 rings (SSSR count). The molecule has 0 saturated carbocycles. The van der Waals surface area contributed by atoms with Gasteiger partial charge in [-0.05, 0) is 36.8 Å². The number of thiophene rings is 1. The lowest BCUT2D eigenvalue weighted by molar-refractivity contribution is 0.0691. The van der Waals surface area contributed by atoms with Crippen molar-refractivity contribution in [3.63, 3.8) is 0 Å². The molecule has 1 aliphatic rings. The summed E-state index contributed by atoms with van der Waals surface area (Å²) in [5.74, 6) is -0.355. The predicted octanol–water partition coefficient (Wildman–Crippen LogP) is 3.25. The Bertz CT molecular complexity index is 1150. The maximum atomic E-state index is 12.8. The second-order valence-corrected chi connectivity index (χ2v) is 8.39. The van der Waals surface area contributed by atoms with Crippen LogP contribution in [0.1, 0.15) is 16.1 Å². The molecule has 3 heterocycles. The minimum absolute atomic E-state index is 0.00272. The number of nitrogen functional groups attached to an aromatic ring is 1. The zero-order valence-electron chi connectivity index (χ0n) is 17.2. The highest BCUT2D eigenvalue weighted by Crippen LogP contribution is 2.36. The molecule has 0 bridgehead atoms. The number of aryl methyl sites for hydroxylation is 1. The number of carbonyl (C=O) groups is 2. The van der Waals surface area contributed by atoms with Gasteiger partial charge in [-0.1, -0.05) is 0 Å². The highest BCUT2D eigenvalue weighted by molar-refractivity contribution is 7.22. The SMILES string of the molecule is COc1ccc(NC(=O)N2CCN(c3c(C(=O)O)ncc4sc(N)cc34)CC2)c(C)c1. The first kappa shape index (κ1) is 20.7. The molecule has 31 heavy (non-hydrogen) atoms. The smallest absolute Gasteiger partial charge is 0.356 e. The van der Waals surface area contributed by atoms with Crippen LogP contribution in [0.15, 0.2) is 30.5 Å². The van der Waals surface area contributed by atoms with Crippen molar-refractivity contribution in [1.82, 2.24) is 9.88 Å². The molecule has 3 aromatic rings. The first-order valence-corrected chi connectivity index (χ1v) is 10.6. The highest BCUT2D eigenvalue weighted by Gasteiger charge is 2.27. The molecule has 2 amide bonds. The number of pyridine rings is 1. The molecule has 0 spiro atoms. The Morgan fingerprint density at radius 3 is 2.61 bits per heavy atom. The average Bonchev–Trinajstić information content (AvgIpc) is 3.14. The Hall–Kier alpha value is -3.53. The molecule has 0 unspecified atom stereocenters. The van der Waals surface area contributed by atoms with E-state index in [-0.39, 0.29) is 11.7 Å². The summed E-state index contributed by atoms with van der Waals surface area (Å²) in [4.78, 5) is 32.3. The van der Waals surface area contributed by atoms with Crippen LogP contribution in [0.4, 0.5) is 21.2 Å². The van der Waals surface area contributed by atoms with E-state index in [0.717, 1.165) is 27.1 Å². The largest absolute Gasteiger partial charge is 0.497 e. The summed E-state index contributed by atoms with van der Waals surface area (Å²) in [7, 11) is 1.60. The third-order valence-corrected chi connectivity index (χ3v) is 6.23. The number of methoxy groups -OCH3 is 1. The second kappa shape index (κ2) is 8.31. The zero-order chi connectivity index (χ0) is 22.1. The molecule has 0 atom stereocenters. The van der Waals surface area contributed by atoms with Gasteiger partial charge in [0, 0.05) is 43.4 Å². The third kappa shape index (κ3) is 4.06. The topological polar surface area (TPSA) is 121 Å². The Morgan fingerprint density at radius 2 is 1.97 bits per heavy atom. The van der Waals surface area contributed by atoms with Crippen molar-refractivity contribution >= 4 is 49.8 Å². The summed E-state index contributed by atoms with van der Waals surface area (Å²) in [6.45, 7) is 3.80. The van der Waals surface area contributed by atoms with Crippen LogP contribution in [0.2, 0.25) is 0 Å². The van der Waals surface area contributed by atoms with E-state index in [9.17, 15) is 14.7 Å². The number of aromatic nitrogens is 1. The fourth-order valence-electron chi connectivity index (χ4n) is 3.73. The highest BCUT2D eigenvalue weighted by atomic mass is 32.1. The molecular weight excluding hydrogens is 418 g/mol. The van der Waals surface area contributed by atoms with Crippen LogP contribution in [-0.2, 0) is 0 Å². The van der Waals surface area contributed by atoms with Crippen LogP contribution < -0.4 is 20.7 Å². The van der Waals surface area contributed by atoms with Crippen molar-refractivity contribution in [1.29, 1.82) is 0 Å². The van der Waals surface area contributed by atoms with Crippen molar-refractivity contribution < 1.29 is 19.4 Å². The van der Waals surface area contributed by atoms with Gasteiger partial charge in [0.15, 0.2) is 5.69 Å². The maximum absolute atomic E-state index is 12.8. The first-order chi connectivity index (χ1) is 14.9. The number of nitrogens with one attached hydrogen (secondary N) is 1. The Labute approximate surface area is 183 Å². The van der Waals surface area contributed by atoms with Gasteiger partial charge in [0.25, 0.3) is 0 Å². The number of nitrogens with zero attached hydrogens (tertiary/aromatic N) is 3. The van der Waals surface area contributed by atoms with Crippen molar-refractivity contribution in [3.05, 3.63) is 41.7 Å². The summed E-state index contributed by atoms with van der Waals surface area (Å²) in [6, 6.07) is 7.07. The summed E-state index contributed by atoms with van der Waals surface area (Å²) >= 11 is 1.37. The number of hydrogen-bond donors (Lipinski definition) is 3. The number of aromatic carboxylic acids is 1. The fourth-order valence-corrected chi connectivity index (χ4v) is 4.53. The van der Waals surface area contributed by atoms with E-state index >= 15 is 0 Å². The number of fused-ring (bicyclic) bond motifs is 1. The van der Waals surface area contributed by atoms with Gasteiger partial charge < -0.3 is 30.7 Å². The minimum Gasteiger partial charge on any atom is -0.497 e. The fraction of sp³-hybridized carbons (Fsp3) is 0.286. The Balaban J connectivity index is 1.49. The molecule has 2 aromatic heterocycles. The van der Waals surface area contributed by atoms with Crippen molar-refractivity contribution in [2.75, 3.05) is 49.2 Å². The number of carboxylic acids is 1. The van der Waals surface area contributed by atoms with Gasteiger partial charge in [-0.2, -0.15) is 0 Å². The lowest BCUT2D eigenvalue weighted by atomic mass is 10.1. The maximum Gasteiger partial charge on any atom is 0.356 e. The number of carbonyl (C=O) groups excluding carboxylic acids is 1. The number of amides is 2. The first-order valence-electron chi connectivity index (χ1n) is 9.74. The number of nitrogens with two attached hydrogens (primary N) is 1. The van der Waals surface area contributed by atoms with E-state index in [1.54, 1.807) is 30.3 Å². The monoisotopic (exact) mass is 441 g/mol. The van der Waals surface area contributed by atoms with Crippen LogP contribution >= 0.6 is 11.3 Å². The molecule has 1 aromatic carbocycles. The summed E-state index contributed by atoms with van der Waals surface area (Å²) in [5, 5.41) is 14.0. The quantitative estimate of drug-likeness (QED) is 0.568. The molecule has 4 N–H and O–H groups in total. The molecule has 162 valence electrons. The van der Waals surface area contributed by atoms with E-state index in [1.165, 1.54) is 11.3 Å². The number of carboxylic acid groups (broad SMARTS) is 1. The van der Waals surface area contributed by atoms with Crippen LogP contribution in [0.5, 0.6) is 5.75 Å². The normalized spacial score (nSPS) is 14.0. The van der Waals surface area contributed by atoms with E-state index in [0.29, 0.717) is 36.9 Å². The molecule has 0 aliphatic carbocycles. The lowest BCUT2D eigenvalue weighted by Gasteiger charge is -2.36. The van der Waals surface area contributed by atoms with Crippen LogP contribution in [0.3, 0.4) is 0 Å². The third-order valence-electron chi connectivity index (χ3n) is 5.33. The molecule has 10 heteroatoms. The molecule has 9 nitrogen and oxygen atoms in total. The lowest BCUT2D eigenvalue weighted by Crippen LogP contribution is -2.50. The standard InChI is InChI=1S/C21H23N5O4S/c1-12-9-13(30-2)3-4-15(12)24-21(29)26-7-5-25(6-8-26)19-14-10-17(22)31-16(14)11-23-18(19)20(27)28/h3-4,9-11H,5-8,22H2,1-2H3,(H,24,29)(H,27,28). The number of hydrogen-bond acceptors (Lipinski definition) is 7. The molecule has 1 saturated heterocycles. The average molecular weight is 442 g/mol. The van der Waals surface area contributed by atoms with E-state index in [2.05, 4.69) is 10.3 Å². The second-order valence-electron chi connectivity index (χ2n) is 7.27. The van der Waals surface area contributed by atoms with Gasteiger partial charge in [0.05, 0.1) is 22.5 Å². The zero-order valence-corrected chi connectivity index (χ0v) is 18.0. The number of urea groups is 1. The summed E-state index contributed by atoms with van der Waals surface area (Å²) in [6.07, 6.45) is 1.55. The number of ether oxygens (including phenoxy) is 1. The van der Waals surface area contributed by atoms with Crippen LogP contribution in [-0.4, -0.2) is 60.3 Å². The van der Waals surface area contributed by atoms with Gasteiger partial charge in [-0.25, -0.2) is 14.6 Å². The molecule has 1 fully saturated rings. The summed E-state index contributed by atoms with van der Waals surface area (Å²) < 4.78 is 6.04. The Morgan fingerprint density at radius 1 is 1.23 bits per heavy atom. The number of anilines is 3. The number of piperazine rings is 1. The van der Waals surface area contributed by atoms with Crippen LogP contribution in [0.25, 0.3) is 10.1 Å². The van der Waals surface area contributed by atoms with Gasteiger partial charge in [0.2, 0.25) is 0 Å². The van der Waals surface area contributed by atoms with Gasteiger partial charge >= 0.3 is 12.0 Å². The molecular formula is C21H23N5O4S. The van der Waals surface area contributed by atoms with E-state index < -0.39 is 5.97 Å². The van der Waals surface area contributed by atoms with Gasteiger partial charge in [-0.3, -0.25) is 0 Å². The van der Waals surface area contributed by atoms with E-state index in [4.69, 9.17) is 10.5 Å². The van der Waals surface area contributed by atoms with Crippen molar-refractivity contribution in [2.24, 2.45) is 0 Å². The van der Waals surface area contributed by atoms with Crippen LogP contribution in [0, 0.1) is 6.92 Å². The molecule has 0 radical (unpaired) electrons. The minimum atomic E-state index is -1.09. The van der Waals surface area contributed by atoms with Crippen molar-refractivity contribution in [2.45, 2.75) is 6.92 Å². The van der Waals surface area contributed by atoms with E-state index in [1.807, 2.05) is 24.0 Å².